The third kappa shape index (κ3) is 3.28. The van der Waals surface area contributed by atoms with Gasteiger partial charge in [-0.15, -0.1) is 0 Å². The van der Waals surface area contributed by atoms with Crippen LogP contribution < -0.4 is 5.32 Å². The van der Waals surface area contributed by atoms with E-state index in [1.807, 2.05) is 6.20 Å². The van der Waals surface area contributed by atoms with Gasteiger partial charge in [0.1, 0.15) is 0 Å². The first-order chi connectivity index (χ1) is 9.63. The molecule has 1 heterocycles. The van der Waals surface area contributed by atoms with Crippen molar-refractivity contribution in [1.29, 1.82) is 0 Å². The molecule has 0 fully saturated rings. The average molecular weight is 271 g/mol. The fourth-order valence-corrected chi connectivity index (χ4v) is 2.76. The van der Waals surface area contributed by atoms with E-state index in [1.54, 1.807) is 0 Å². The molecule has 0 saturated heterocycles. The number of nitrogens with one attached hydrogen (secondary N) is 1. The molecule has 0 aliphatic carbocycles. The molecule has 0 saturated carbocycles. The molecular formula is C17H25N3. The van der Waals surface area contributed by atoms with Crippen molar-refractivity contribution in [2.24, 2.45) is 5.92 Å². The van der Waals surface area contributed by atoms with E-state index >= 15 is 0 Å². The van der Waals surface area contributed by atoms with Gasteiger partial charge in [-0.1, -0.05) is 51.1 Å². The first-order valence-corrected chi connectivity index (χ1v) is 7.42. The number of hydrogen-bond donors (Lipinski definition) is 1. The maximum absolute atomic E-state index is 4.54. The van der Waals surface area contributed by atoms with E-state index in [0.717, 1.165) is 6.54 Å². The van der Waals surface area contributed by atoms with Gasteiger partial charge in [-0.2, -0.15) is 5.10 Å². The third-order valence-corrected chi connectivity index (χ3v) is 3.64. The Bertz CT molecular complexity index is 516. The monoisotopic (exact) mass is 271 g/mol. The highest BCUT2D eigenvalue weighted by Gasteiger charge is 2.27. The van der Waals surface area contributed by atoms with Crippen LogP contribution in [0.3, 0.4) is 0 Å². The van der Waals surface area contributed by atoms with Crippen molar-refractivity contribution >= 4 is 0 Å². The Labute approximate surface area is 122 Å². The maximum Gasteiger partial charge on any atom is 0.0736 e. The summed E-state index contributed by atoms with van der Waals surface area (Å²) in [6.45, 7) is 9.71. The Morgan fingerprint density at radius 2 is 1.90 bits per heavy atom. The van der Waals surface area contributed by atoms with Crippen LogP contribution in [0.1, 0.15) is 44.0 Å². The van der Waals surface area contributed by atoms with Crippen LogP contribution in [0.2, 0.25) is 0 Å². The highest BCUT2D eigenvalue weighted by atomic mass is 15.3. The van der Waals surface area contributed by atoms with Crippen LogP contribution >= 0.6 is 0 Å². The predicted molar refractivity (Wildman–Crippen MR) is 83.7 cm³/mol. The second kappa shape index (κ2) is 6.71. The lowest BCUT2D eigenvalue weighted by Crippen LogP contribution is -2.33. The summed E-state index contributed by atoms with van der Waals surface area (Å²) in [5.74, 6) is 0.499. The van der Waals surface area contributed by atoms with Crippen LogP contribution in [-0.2, 0) is 0 Å². The van der Waals surface area contributed by atoms with Gasteiger partial charge in [-0.25, -0.2) is 0 Å². The van der Waals surface area contributed by atoms with Gasteiger partial charge >= 0.3 is 0 Å². The minimum absolute atomic E-state index is 0.278. The summed E-state index contributed by atoms with van der Waals surface area (Å²) >= 11 is 0. The van der Waals surface area contributed by atoms with Gasteiger partial charge in [0.15, 0.2) is 0 Å². The van der Waals surface area contributed by atoms with Gasteiger partial charge in [0.25, 0.3) is 0 Å². The van der Waals surface area contributed by atoms with E-state index in [2.05, 4.69) is 79.3 Å². The molecule has 1 N–H and O–H groups in total. The number of hydrogen-bond acceptors (Lipinski definition) is 2. The van der Waals surface area contributed by atoms with Crippen LogP contribution in [0.5, 0.6) is 0 Å². The van der Waals surface area contributed by atoms with Crippen molar-refractivity contribution in [3.8, 4) is 0 Å². The first kappa shape index (κ1) is 14.8. The number of rotatable bonds is 6. The molecule has 2 unspecified atom stereocenters. The van der Waals surface area contributed by atoms with E-state index in [1.165, 1.54) is 11.1 Å². The summed E-state index contributed by atoms with van der Waals surface area (Å²) in [6.07, 6.45) is 4.07. The molecular weight excluding hydrogens is 246 g/mol. The highest BCUT2D eigenvalue weighted by Crippen LogP contribution is 2.32. The minimum atomic E-state index is 0.278. The topological polar surface area (TPSA) is 29.9 Å². The molecule has 1 aromatic carbocycles. The molecule has 0 aliphatic heterocycles. The van der Waals surface area contributed by atoms with Gasteiger partial charge in [-0.05, 0) is 30.5 Å². The summed E-state index contributed by atoms with van der Waals surface area (Å²) < 4.78 is 2.11. The number of benzene rings is 1. The summed E-state index contributed by atoms with van der Waals surface area (Å²) in [5.41, 5.74) is 2.53. The van der Waals surface area contributed by atoms with Crippen molar-refractivity contribution in [3.05, 3.63) is 53.9 Å². The molecule has 2 rings (SSSR count). The molecule has 1 aromatic heterocycles. The zero-order valence-corrected chi connectivity index (χ0v) is 12.9. The van der Waals surface area contributed by atoms with Crippen molar-refractivity contribution in [2.75, 3.05) is 6.54 Å². The summed E-state index contributed by atoms with van der Waals surface area (Å²) in [6, 6.07) is 11.2. The van der Waals surface area contributed by atoms with E-state index in [9.17, 15) is 0 Å². The second-order valence-corrected chi connectivity index (χ2v) is 5.68. The van der Waals surface area contributed by atoms with Gasteiger partial charge in [-0.3, -0.25) is 4.68 Å². The van der Waals surface area contributed by atoms with Crippen molar-refractivity contribution in [1.82, 2.24) is 15.1 Å². The van der Waals surface area contributed by atoms with Crippen LogP contribution in [0.25, 0.3) is 0 Å². The van der Waals surface area contributed by atoms with E-state index < -0.39 is 0 Å². The molecule has 20 heavy (non-hydrogen) atoms. The van der Waals surface area contributed by atoms with Crippen molar-refractivity contribution < 1.29 is 0 Å². The second-order valence-electron chi connectivity index (χ2n) is 5.68. The Balaban J connectivity index is 2.38. The van der Waals surface area contributed by atoms with Crippen molar-refractivity contribution in [2.45, 2.75) is 39.8 Å². The molecule has 0 amide bonds. The number of likely N-dealkylation sites (N-methyl/N-ethyl adjacent to an activating group) is 1. The molecule has 0 bridgehead atoms. The number of nitrogens with zero attached hydrogens (tertiary/aromatic N) is 2. The molecule has 0 spiro atoms. The fourth-order valence-electron chi connectivity index (χ4n) is 2.76. The highest BCUT2D eigenvalue weighted by molar-refractivity contribution is 5.21. The largest absolute Gasteiger partial charge is 0.308 e. The van der Waals surface area contributed by atoms with Crippen molar-refractivity contribution in [3.63, 3.8) is 0 Å². The first-order valence-electron chi connectivity index (χ1n) is 7.42. The number of aryl methyl sites for hydroxylation is 1. The fraction of sp³-hybridized carbons (Fsp3) is 0.471. The van der Waals surface area contributed by atoms with E-state index in [4.69, 9.17) is 0 Å². The SMILES string of the molecule is CCNC(c1ccccc1)C(C(C)C)n1cc(C)cn1. The van der Waals surface area contributed by atoms with Crippen LogP contribution in [-0.4, -0.2) is 16.3 Å². The Morgan fingerprint density at radius 1 is 1.20 bits per heavy atom. The molecule has 0 aliphatic rings. The number of aromatic nitrogens is 2. The lowest BCUT2D eigenvalue weighted by Gasteiger charge is -2.31. The molecule has 2 atom stereocenters. The van der Waals surface area contributed by atoms with Crippen LogP contribution in [0.15, 0.2) is 42.7 Å². The lowest BCUT2D eigenvalue weighted by molar-refractivity contribution is 0.261. The van der Waals surface area contributed by atoms with Gasteiger partial charge in [0.2, 0.25) is 0 Å². The summed E-state index contributed by atoms with van der Waals surface area (Å²) in [5, 5.41) is 8.17. The summed E-state index contributed by atoms with van der Waals surface area (Å²) in [4.78, 5) is 0. The smallest absolute Gasteiger partial charge is 0.0736 e. The average Bonchev–Trinajstić information content (AvgIpc) is 2.85. The maximum atomic E-state index is 4.54. The Morgan fingerprint density at radius 3 is 2.40 bits per heavy atom. The molecule has 3 nitrogen and oxygen atoms in total. The zero-order chi connectivity index (χ0) is 14.5. The van der Waals surface area contributed by atoms with E-state index in [-0.39, 0.29) is 6.04 Å². The van der Waals surface area contributed by atoms with Gasteiger partial charge in [0.05, 0.1) is 18.3 Å². The molecule has 2 aromatic rings. The molecule has 3 heteroatoms. The quantitative estimate of drug-likeness (QED) is 0.867. The van der Waals surface area contributed by atoms with Crippen LogP contribution in [0.4, 0.5) is 0 Å². The minimum Gasteiger partial charge on any atom is -0.308 e. The normalized spacial score (nSPS) is 14.4. The lowest BCUT2D eigenvalue weighted by atomic mass is 9.91. The molecule has 0 radical (unpaired) electrons. The standard InChI is InChI=1S/C17H25N3/c1-5-18-16(15-9-7-6-8-10-15)17(13(2)3)20-12-14(4)11-19-20/h6-13,16-18H,5H2,1-4H3. The van der Waals surface area contributed by atoms with Gasteiger partial charge in [0, 0.05) is 6.20 Å². The Kier molecular flexibility index (Phi) is 4.96. The van der Waals surface area contributed by atoms with Crippen LogP contribution in [0, 0.1) is 12.8 Å². The summed E-state index contributed by atoms with van der Waals surface area (Å²) in [7, 11) is 0. The molecule has 108 valence electrons. The van der Waals surface area contributed by atoms with Gasteiger partial charge < -0.3 is 5.32 Å². The zero-order valence-electron chi connectivity index (χ0n) is 12.9. The predicted octanol–water partition coefficient (Wildman–Crippen LogP) is 3.74. The van der Waals surface area contributed by atoms with E-state index in [0.29, 0.717) is 12.0 Å². The third-order valence-electron chi connectivity index (χ3n) is 3.64. The Hall–Kier alpha value is -1.61.